The summed E-state index contributed by atoms with van der Waals surface area (Å²) in [7, 11) is 0. The zero-order valence-electron chi connectivity index (χ0n) is 8.09. The number of nitrogens with zero attached hydrogens (tertiary/aromatic N) is 3. The normalized spacial score (nSPS) is 10.1. The standard InChI is InChI=1S/C9H8ClN5S/c10-7-3-6(14-9(11)16)1-2-8(7)15-5-12-4-13-15/h1-5H,(H3,11,14,16). The Morgan fingerprint density at radius 2 is 2.31 bits per heavy atom. The molecule has 0 radical (unpaired) electrons. The molecule has 0 fully saturated rings. The zero-order chi connectivity index (χ0) is 11.5. The van der Waals surface area contributed by atoms with E-state index >= 15 is 0 Å². The first-order valence-electron chi connectivity index (χ1n) is 4.38. The third-order valence-electron chi connectivity index (χ3n) is 1.88. The van der Waals surface area contributed by atoms with Crippen molar-refractivity contribution in [3.05, 3.63) is 35.9 Å². The topological polar surface area (TPSA) is 68.8 Å². The fraction of sp³-hybridized carbons (Fsp3) is 0. The summed E-state index contributed by atoms with van der Waals surface area (Å²) >= 11 is 10.8. The Morgan fingerprint density at radius 1 is 1.50 bits per heavy atom. The molecule has 1 aromatic heterocycles. The number of hydrogen-bond donors (Lipinski definition) is 2. The largest absolute Gasteiger partial charge is 0.376 e. The van der Waals surface area contributed by atoms with Gasteiger partial charge in [-0.25, -0.2) is 9.67 Å². The maximum atomic E-state index is 6.09. The fourth-order valence-corrected chi connectivity index (χ4v) is 1.63. The number of aromatic nitrogens is 3. The van der Waals surface area contributed by atoms with E-state index in [1.54, 1.807) is 23.1 Å². The molecule has 0 atom stereocenters. The first-order chi connectivity index (χ1) is 7.66. The zero-order valence-corrected chi connectivity index (χ0v) is 9.66. The van der Waals surface area contributed by atoms with Crippen LogP contribution in [0.5, 0.6) is 0 Å². The van der Waals surface area contributed by atoms with Crippen LogP contribution in [0.25, 0.3) is 5.69 Å². The minimum Gasteiger partial charge on any atom is -0.376 e. The van der Waals surface area contributed by atoms with Crippen LogP contribution in [-0.4, -0.2) is 19.9 Å². The number of halogens is 1. The van der Waals surface area contributed by atoms with Crippen molar-refractivity contribution in [2.24, 2.45) is 5.73 Å². The highest BCUT2D eigenvalue weighted by Crippen LogP contribution is 2.23. The van der Waals surface area contributed by atoms with Crippen LogP contribution in [0, 0.1) is 0 Å². The molecule has 3 N–H and O–H groups in total. The molecule has 0 unspecified atom stereocenters. The maximum Gasteiger partial charge on any atom is 0.168 e. The molecule has 7 heteroatoms. The molecule has 0 bridgehead atoms. The Labute approximate surface area is 102 Å². The summed E-state index contributed by atoms with van der Waals surface area (Å²) in [5.41, 5.74) is 6.84. The smallest absolute Gasteiger partial charge is 0.168 e. The van der Waals surface area contributed by atoms with E-state index in [1.165, 1.54) is 6.33 Å². The quantitative estimate of drug-likeness (QED) is 0.796. The van der Waals surface area contributed by atoms with Gasteiger partial charge >= 0.3 is 0 Å². The lowest BCUT2D eigenvalue weighted by atomic mass is 10.3. The van der Waals surface area contributed by atoms with Gasteiger partial charge in [0, 0.05) is 5.69 Å². The second-order valence-electron chi connectivity index (χ2n) is 3.00. The summed E-state index contributed by atoms with van der Waals surface area (Å²) in [4.78, 5) is 3.85. The second kappa shape index (κ2) is 4.46. The first-order valence-corrected chi connectivity index (χ1v) is 5.16. The predicted octanol–water partition coefficient (Wildman–Crippen LogP) is 1.58. The maximum absolute atomic E-state index is 6.09. The van der Waals surface area contributed by atoms with Gasteiger partial charge in [0.25, 0.3) is 0 Å². The van der Waals surface area contributed by atoms with E-state index < -0.39 is 0 Å². The third kappa shape index (κ3) is 2.29. The number of hydrogen-bond acceptors (Lipinski definition) is 3. The van der Waals surface area contributed by atoms with Gasteiger partial charge in [-0.3, -0.25) is 0 Å². The van der Waals surface area contributed by atoms with Gasteiger partial charge in [0.05, 0.1) is 10.7 Å². The summed E-state index contributed by atoms with van der Waals surface area (Å²) in [6, 6.07) is 5.33. The molecule has 0 spiro atoms. The lowest BCUT2D eigenvalue weighted by Gasteiger charge is -2.07. The van der Waals surface area contributed by atoms with Crippen molar-refractivity contribution in [3.63, 3.8) is 0 Å². The SMILES string of the molecule is NC(=S)Nc1ccc(-n2cncn2)c(Cl)c1. The van der Waals surface area contributed by atoms with Crippen LogP contribution >= 0.6 is 23.8 Å². The van der Waals surface area contributed by atoms with Gasteiger partial charge in [-0.2, -0.15) is 5.10 Å². The molecule has 0 aliphatic heterocycles. The molecule has 2 rings (SSSR count). The first kappa shape index (κ1) is 10.8. The molecule has 0 amide bonds. The number of nitrogens with two attached hydrogens (primary N) is 1. The molecule has 0 saturated heterocycles. The van der Waals surface area contributed by atoms with E-state index in [1.807, 2.05) is 6.07 Å². The molecule has 5 nitrogen and oxygen atoms in total. The number of nitrogens with one attached hydrogen (secondary N) is 1. The highest BCUT2D eigenvalue weighted by Gasteiger charge is 2.04. The molecular formula is C9H8ClN5S. The van der Waals surface area contributed by atoms with Crippen molar-refractivity contribution in [3.8, 4) is 5.69 Å². The van der Waals surface area contributed by atoms with Crippen LogP contribution in [0.2, 0.25) is 5.02 Å². The van der Waals surface area contributed by atoms with E-state index in [-0.39, 0.29) is 5.11 Å². The van der Waals surface area contributed by atoms with Crippen LogP contribution in [0.4, 0.5) is 5.69 Å². The summed E-state index contributed by atoms with van der Waals surface area (Å²) < 4.78 is 1.58. The summed E-state index contributed by atoms with van der Waals surface area (Å²) in [5.74, 6) is 0. The lowest BCUT2D eigenvalue weighted by molar-refractivity contribution is 0.879. The van der Waals surface area contributed by atoms with Gasteiger partial charge < -0.3 is 11.1 Å². The van der Waals surface area contributed by atoms with Gasteiger partial charge in [-0.15, -0.1) is 0 Å². The average Bonchev–Trinajstić information content (AvgIpc) is 2.69. The Hall–Kier alpha value is -1.66. The van der Waals surface area contributed by atoms with Gasteiger partial charge in [-0.05, 0) is 30.4 Å². The van der Waals surface area contributed by atoms with E-state index in [4.69, 9.17) is 29.6 Å². The summed E-state index contributed by atoms with van der Waals surface area (Å²) in [6.07, 6.45) is 3.01. The highest BCUT2D eigenvalue weighted by atomic mass is 35.5. The Morgan fingerprint density at radius 3 is 2.88 bits per heavy atom. The van der Waals surface area contributed by atoms with Crippen molar-refractivity contribution in [2.75, 3.05) is 5.32 Å². The fourth-order valence-electron chi connectivity index (χ4n) is 1.25. The summed E-state index contributed by atoms with van der Waals surface area (Å²) in [6.45, 7) is 0. The number of benzene rings is 1. The van der Waals surface area contributed by atoms with Crippen LogP contribution < -0.4 is 11.1 Å². The predicted molar refractivity (Wildman–Crippen MR) is 66.8 cm³/mol. The van der Waals surface area contributed by atoms with E-state index in [0.29, 0.717) is 5.02 Å². The van der Waals surface area contributed by atoms with E-state index in [9.17, 15) is 0 Å². The van der Waals surface area contributed by atoms with E-state index in [0.717, 1.165) is 11.4 Å². The monoisotopic (exact) mass is 253 g/mol. The molecule has 0 aliphatic carbocycles. The van der Waals surface area contributed by atoms with Crippen molar-refractivity contribution in [2.45, 2.75) is 0 Å². The van der Waals surface area contributed by atoms with Crippen molar-refractivity contribution >= 4 is 34.6 Å². The van der Waals surface area contributed by atoms with E-state index in [2.05, 4.69) is 15.4 Å². The van der Waals surface area contributed by atoms with Crippen LogP contribution in [0.1, 0.15) is 0 Å². The molecule has 82 valence electrons. The molecule has 2 aromatic rings. The van der Waals surface area contributed by atoms with Gasteiger partial charge in [0.2, 0.25) is 0 Å². The summed E-state index contributed by atoms with van der Waals surface area (Å²) in [5, 5.41) is 7.52. The van der Waals surface area contributed by atoms with Crippen molar-refractivity contribution < 1.29 is 0 Å². The third-order valence-corrected chi connectivity index (χ3v) is 2.29. The van der Waals surface area contributed by atoms with Gasteiger partial charge in [0.15, 0.2) is 5.11 Å². The van der Waals surface area contributed by atoms with Gasteiger partial charge in [-0.1, -0.05) is 11.6 Å². The van der Waals surface area contributed by atoms with Crippen LogP contribution in [0.15, 0.2) is 30.9 Å². The Balaban J connectivity index is 2.34. The van der Waals surface area contributed by atoms with Crippen LogP contribution in [0.3, 0.4) is 0 Å². The van der Waals surface area contributed by atoms with Crippen molar-refractivity contribution in [1.82, 2.24) is 14.8 Å². The Kier molecular flexibility index (Phi) is 3.02. The Bertz CT molecular complexity index is 511. The molecule has 0 saturated carbocycles. The molecular weight excluding hydrogens is 246 g/mol. The number of anilines is 1. The minimum atomic E-state index is 0.199. The lowest BCUT2D eigenvalue weighted by Crippen LogP contribution is -2.18. The molecule has 1 aromatic carbocycles. The van der Waals surface area contributed by atoms with Gasteiger partial charge in [0.1, 0.15) is 12.7 Å². The minimum absolute atomic E-state index is 0.199. The van der Waals surface area contributed by atoms with Crippen molar-refractivity contribution in [1.29, 1.82) is 0 Å². The average molecular weight is 254 g/mol. The highest BCUT2D eigenvalue weighted by molar-refractivity contribution is 7.80. The number of rotatable bonds is 2. The molecule has 1 heterocycles. The number of thiocarbonyl (C=S) groups is 1. The van der Waals surface area contributed by atoms with Crippen LogP contribution in [-0.2, 0) is 0 Å². The molecule has 0 aliphatic rings. The second-order valence-corrected chi connectivity index (χ2v) is 3.84. The molecule has 16 heavy (non-hydrogen) atoms.